The number of aromatic nitrogens is 5. The number of halogens is 1. The van der Waals surface area contributed by atoms with Crippen LogP contribution in [0.15, 0.2) is 79.1 Å². The van der Waals surface area contributed by atoms with Crippen LogP contribution in [-0.4, -0.2) is 93.9 Å². The molecule has 0 spiro atoms. The zero-order valence-corrected chi connectivity index (χ0v) is 35.8. The third kappa shape index (κ3) is 8.27. The molecule has 3 fully saturated rings. The number of carbonyl (C=O) groups is 1. The fourth-order valence-corrected chi connectivity index (χ4v) is 9.26. The van der Waals surface area contributed by atoms with Gasteiger partial charge in [0.25, 0.3) is 0 Å². The Labute approximate surface area is 352 Å². The molecule has 310 valence electrons. The van der Waals surface area contributed by atoms with Crippen molar-refractivity contribution in [3.05, 3.63) is 95.3 Å². The fraction of sp³-hybridized carbons (Fsp3) is 0.444. The number of anilines is 5. The topological polar surface area (TPSA) is 123 Å². The minimum absolute atomic E-state index is 0.0355. The molecule has 14 heteroatoms. The lowest BCUT2D eigenvalue weighted by Gasteiger charge is -2.41. The summed E-state index contributed by atoms with van der Waals surface area (Å²) >= 11 is 6.70. The SMILES string of the molecule is C=C(CCC1=Cc2cc(Nc3nc(N4CCN(CC5CCN(c6ccc7c(C8CCC(=O)NC8=C)nn(C)c7c6)C5)C(C)C4)ncc3Cl)cnc2N(C(C)C)C1=C)NC. The van der Waals surface area contributed by atoms with Gasteiger partial charge in [0.2, 0.25) is 11.9 Å². The lowest BCUT2D eigenvalue weighted by molar-refractivity contribution is -0.121. The first kappa shape index (κ1) is 40.4. The van der Waals surface area contributed by atoms with Crippen LogP contribution in [0.4, 0.5) is 29.0 Å². The third-order valence-electron chi connectivity index (χ3n) is 12.4. The highest BCUT2D eigenvalue weighted by Gasteiger charge is 2.32. The highest BCUT2D eigenvalue weighted by Crippen LogP contribution is 2.39. The van der Waals surface area contributed by atoms with Crippen LogP contribution in [0.25, 0.3) is 17.0 Å². The number of benzene rings is 1. The molecule has 13 nitrogen and oxygen atoms in total. The molecule has 3 unspecified atom stereocenters. The van der Waals surface area contributed by atoms with Gasteiger partial charge < -0.3 is 30.7 Å². The molecule has 0 saturated carbocycles. The number of nitrogens with one attached hydrogen (secondary N) is 3. The predicted molar refractivity (Wildman–Crippen MR) is 240 cm³/mol. The highest BCUT2D eigenvalue weighted by atomic mass is 35.5. The number of aryl methyl sites for hydroxylation is 1. The molecular weight excluding hydrogens is 760 g/mol. The molecule has 1 amide bonds. The Hall–Kier alpha value is -5.40. The van der Waals surface area contributed by atoms with E-state index >= 15 is 0 Å². The van der Waals surface area contributed by atoms with E-state index in [1.165, 1.54) is 11.3 Å². The van der Waals surface area contributed by atoms with E-state index in [2.05, 4.69) is 111 Å². The summed E-state index contributed by atoms with van der Waals surface area (Å²) in [4.78, 5) is 36.0. The van der Waals surface area contributed by atoms with Gasteiger partial charge in [-0.25, -0.2) is 9.97 Å². The number of piperidine rings is 1. The van der Waals surface area contributed by atoms with Crippen LogP contribution >= 0.6 is 11.6 Å². The van der Waals surface area contributed by atoms with Gasteiger partial charge >= 0.3 is 0 Å². The summed E-state index contributed by atoms with van der Waals surface area (Å²) in [6.07, 6.45) is 9.75. The molecule has 8 rings (SSSR count). The number of pyridine rings is 1. The summed E-state index contributed by atoms with van der Waals surface area (Å²) in [5.74, 6) is 2.76. The highest BCUT2D eigenvalue weighted by molar-refractivity contribution is 6.32. The number of nitrogens with zero attached hydrogens (tertiary/aromatic N) is 9. The summed E-state index contributed by atoms with van der Waals surface area (Å²) in [7, 11) is 3.91. The van der Waals surface area contributed by atoms with Crippen molar-refractivity contribution in [1.82, 2.24) is 40.3 Å². The van der Waals surface area contributed by atoms with Gasteiger partial charge in [-0.3, -0.25) is 14.4 Å². The Bertz CT molecular complexity index is 2330. The van der Waals surface area contributed by atoms with Crippen molar-refractivity contribution in [3.63, 3.8) is 0 Å². The number of allylic oxidation sites excluding steroid dienone is 3. The Balaban J connectivity index is 0.892. The predicted octanol–water partition coefficient (Wildman–Crippen LogP) is 7.34. The molecule has 3 aromatic heterocycles. The average molecular weight is 817 g/mol. The van der Waals surface area contributed by atoms with Gasteiger partial charge in [-0.15, -0.1) is 0 Å². The Morgan fingerprint density at radius 1 is 1.07 bits per heavy atom. The average Bonchev–Trinajstić information content (AvgIpc) is 3.82. The molecule has 0 radical (unpaired) electrons. The molecule has 1 aromatic carbocycles. The zero-order valence-electron chi connectivity index (χ0n) is 35.1. The van der Waals surface area contributed by atoms with Crippen molar-refractivity contribution in [2.45, 2.75) is 70.9 Å². The standard InChI is InChI=1S/C45H57ClN12O/c1-27(2)58-31(6)33(10-9-28(3)47-7)19-34-20-35(22-48-44(34)58)51-43-39(46)23-49-45(52-43)57-18-17-55(29(4)24-57)25-32-15-16-56(26-32)36-11-12-38-40(21-36)54(8)53-42(38)37-13-14-41(59)50-30(37)5/h11-12,19-23,27,29,32,37,47H,3,5-6,9-10,13-18,24-26H2,1-2,4,7-8H3,(H,50,59)(H,49,51,52). The lowest BCUT2D eigenvalue weighted by atomic mass is 9.91. The van der Waals surface area contributed by atoms with E-state index in [-0.39, 0.29) is 17.9 Å². The van der Waals surface area contributed by atoms with Gasteiger partial charge in [0.15, 0.2) is 5.82 Å². The summed E-state index contributed by atoms with van der Waals surface area (Å²) in [6, 6.07) is 9.34. The smallest absolute Gasteiger partial charge is 0.227 e. The van der Waals surface area contributed by atoms with E-state index in [0.717, 1.165) is 116 Å². The first-order valence-corrected chi connectivity index (χ1v) is 21.3. The number of hydrogen-bond acceptors (Lipinski definition) is 11. The van der Waals surface area contributed by atoms with E-state index < -0.39 is 0 Å². The van der Waals surface area contributed by atoms with E-state index in [9.17, 15) is 4.79 Å². The molecule has 59 heavy (non-hydrogen) atoms. The molecule has 3 atom stereocenters. The maximum absolute atomic E-state index is 11.9. The Morgan fingerprint density at radius 3 is 2.66 bits per heavy atom. The summed E-state index contributed by atoms with van der Waals surface area (Å²) in [5.41, 5.74) is 9.03. The van der Waals surface area contributed by atoms with E-state index in [1.54, 1.807) is 6.20 Å². The van der Waals surface area contributed by atoms with Crippen LogP contribution in [0.1, 0.15) is 70.1 Å². The summed E-state index contributed by atoms with van der Waals surface area (Å²) in [6.45, 7) is 25.0. The number of hydrogen-bond donors (Lipinski definition) is 3. The lowest BCUT2D eigenvalue weighted by Crippen LogP contribution is -2.53. The molecule has 3 saturated heterocycles. The van der Waals surface area contributed by atoms with Gasteiger partial charge in [-0.2, -0.15) is 10.1 Å². The maximum Gasteiger partial charge on any atom is 0.227 e. The Morgan fingerprint density at radius 2 is 1.90 bits per heavy atom. The van der Waals surface area contributed by atoms with Crippen LogP contribution in [0.3, 0.4) is 0 Å². The summed E-state index contributed by atoms with van der Waals surface area (Å²) in [5, 5.41) is 16.0. The normalized spacial score (nSPS) is 21.3. The maximum atomic E-state index is 11.9. The molecule has 0 aliphatic carbocycles. The number of amides is 1. The minimum Gasteiger partial charge on any atom is -0.392 e. The molecule has 3 N–H and O–H groups in total. The van der Waals surface area contributed by atoms with Gasteiger partial charge in [0.1, 0.15) is 10.8 Å². The van der Waals surface area contributed by atoms with Crippen molar-refractivity contribution in [3.8, 4) is 0 Å². The van der Waals surface area contributed by atoms with Gasteiger partial charge in [0.05, 0.1) is 29.3 Å². The van der Waals surface area contributed by atoms with Crippen molar-refractivity contribution in [2.24, 2.45) is 13.0 Å². The van der Waals surface area contributed by atoms with Crippen LogP contribution in [0, 0.1) is 5.92 Å². The first-order valence-electron chi connectivity index (χ1n) is 20.9. The van der Waals surface area contributed by atoms with Crippen molar-refractivity contribution in [2.75, 3.05) is 66.3 Å². The molecular formula is C45H57ClN12O. The second-order valence-corrected chi connectivity index (χ2v) is 17.2. The van der Waals surface area contributed by atoms with Crippen molar-refractivity contribution in [1.29, 1.82) is 0 Å². The van der Waals surface area contributed by atoms with E-state index in [1.807, 2.05) is 25.0 Å². The van der Waals surface area contributed by atoms with E-state index in [4.69, 9.17) is 26.7 Å². The third-order valence-corrected chi connectivity index (χ3v) is 12.7. The second kappa shape index (κ2) is 16.7. The molecule has 4 aliphatic heterocycles. The fourth-order valence-electron chi connectivity index (χ4n) is 9.13. The largest absolute Gasteiger partial charge is 0.392 e. The Kier molecular flexibility index (Phi) is 11.4. The number of carbonyl (C=O) groups excluding carboxylic acids is 1. The number of fused-ring (bicyclic) bond motifs is 2. The number of rotatable bonds is 12. The summed E-state index contributed by atoms with van der Waals surface area (Å²) < 4.78 is 1.97. The van der Waals surface area contributed by atoms with Crippen LogP contribution in [-0.2, 0) is 11.8 Å². The van der Waals surface area contributed by atoms with Crippen LogP contribution in [0.2, 0.25) is 5.02 Å². The van der Waals surface area contributed by atoms with Crippen molar-refractivity contribution < 1.29 is 4.79 Å². The molecule has 0 bridgehead atoms. The number of piperazine rings is 1. The molecule has 4 aliphatic rings. The van der Waals surface area contributed by atoms with E-state index in [0.29, 0.717) is 35.2 Å². The van der Waals surface area contributed by atoms with Crippen LogP contribution in [0.5, 0.6) is 0 Å². The monoisotopic (exact) mass is 816 g/mol. The van der Waals surface area contributed by atoms with Gasteiger partial charge in [-0.1, -0.05) is 31.3 Å². The van der Waals surface area contributed by atoms with Crippen molar-refractivity contribution >= 4 is 63.4 Å². The minimum atomic E-state index is 0.0355. The van der Waals surface area contributed by atoms with Gasteiger partial charge in [-0.05, 0) is 88.3 Å². The second-order valence-electron chi connectivity index (χ2n) is 16.8. The quantitative estimate of drug-likeness (QED) is 0.133. The zero-order chi connectivity index (χ0) is 41.5. The molecule has 7 heterocycles. The first-order chi connectivity index (χ1) is 28.4. The van der Waals surface area contributed by atoms with Gasteiger partial charge in [0, 0.05) is 112 Å². The molecule has 4 aromatic rings. The van der Waals surface area contributed by atoms with Crippen LogP contribution < -0.4 is 30.7 Å².